The summed E-state index contributed by atoms with van der Waals surface area (Å²) in [5, 5.41) is 9.97. The van der Waals surface area contributed by atoms with E-state index >= 15 is 0 Å². The molecule has 0 aliphatic heterocycles. The molecule has 1 heterocycles. The first kappa shape index (κ1) is 13.1. The summed E-state index contributed by atoms with van der Waals surface area (Å²) in [6.07, 6.45) is 2.69. The minimum absolute atomic E-state index is 0.396. The van der Waals surface area contributed by atoms with Crippen LogP contribution in [-0.2, 0) is 0 Å². The van der Waals surface area contributed by atoms with Gasteiger partial charge in [0, 0.05) is 11.6 Å². The quantitative estimate of drug-likeness (QED) is 0.671. The highest BCUT2D eigenvalue weighted by atomic mass is 16.5. The molecule has 4 heteroatoms. The van der Waals surface area contributed by atoms with E-state index in [1.165, 1.54) is 0 Å². The number of hydrogen-bond acceptors (Lipinski definition) is 4. The molecule has 0 saturated heterocycles. The summed E-state index contributed by atoms with van der Waals surface area (Å²) in [7, 11) is 0. The van der Waals surface area contributed by atoms with Gasteiger partial charge in [0.1, 0.15) is 18.5 Å². The Morgan fingerprint density at radius 1 is 1.53 bits per heavy atom. The van der Waals surface area contributed by atoms with Crippen molar-refractivity contribution in [3.63, 3.8) is 0 Å². The number of nitrogens with zero attached hydrogens (tertiary/aromatic N) is 2. The average molecular weight is 254 g/mol. The highest BCUT2D eigenvalue weighted by Crippen LogP contribution is 2.18. The van der Waals surface area contributed by atoms with E-state index in [4.69, 9.17) is 9.84 Å². The van der Waals surface area contributed by atoms with Crippen LogP contribution in [0.25, 0.3) is 10.9 Å². The first-order chi connectivity index (χ1) is 9.19. The zero-order chi connectivity index (χ0) is 13.7. The zero-order valence-corrected chi connectivity index (χ0v) is 10.6. The topological polar surface area (TPSA) is 55.2 Å². The van der Waals surface area contributed by atoms with Crippen molar-refractivity contribution in [2.45, 2.75) is 13.0 Å². The van der Waals surface area contributed by atoms with Crippen molar-refractivity contribution in [2.24, 2.45) is 0 Å². The molecule has 0 amide bonds. The summed E-state index contributed by atoms with van der Waals surface area (Å²) in [4.78, 5) is 8.43. The molecule has 96 valence electrons. The van der Waals surface area contributed by atoms with Crippen LogP contribution in [0.15, 0.2) is 37.1 Å². The molecule has 19 heavy (non-hydrogen) atoms. The number of fused-ring (bicyclic) bond motifs is 1. The normalized spacial score (nSPS) is 11.5. The Morgan fingerprint density at radius 2 is 2.37 bits per heavy atom. The van der Waals surface area contributed by atoms with Crippen molar-refractivity contribution in [1.29, 1.82) is 0 Å². The Labute approximate surface area is 111 Å². The van der Waals surface area contributed by atoms with Crippen molar-refractivity contribution in [1.82, 2.24) is 9.97 Å². The first-order valence-corrected chi connectivity index (χ1v) is 5.89. The van der Waals surface area contributed by atoms with Gasteiger partial charge in [-0.05, 0) is 31.0 Å². The Morgan fingerprint density at radius 3 is 3.11 bits per heavy atom. The number of benzene rings is 1. The van der Waals surface area contributed by atoms with E-state index in [1.807, 2.05) is 18.2 Å². The minimum atomic E-state index is -0.686. The second-order valence-corrected chi connectivity index (χ2v) is 3.96. The molecule has 1 aromatic heterocycles. The number of aliphatic hydroxyl groups excluding tert-OH is 1. The van der Waals surface area contributed by atoms with E-state index in [-0.39, 0.29) is 0 Å². The molecule has 0 aliphatic carbocycles. The fourth-order valence-electron chi connectivity index (χ4n) is 1.49. The van der Waals surface area contributed by atoms with E-state index < -0.39 is 6.10 Å². The number of rotatable bonds is 3. The summed E-state index contributed by atoms with van der Waals surface area (Å²) in [5.74, 6) is 6.47. The van der Waals surface area contributed by atoms with Gasteiger partial charge in [-0.1, -0.05) is 18.6 Å². The van der Waals surface area contributed by atoms with Gasteiger partial charge in [0.15, 0.2) is 0 Å². The largest absolute Gasteiger partial charge is 0.490 e. The van der Waals surface area contributed by atoms with E-state index in [0.717, 1.165) is 16.7 Å². The van der Waals surface area contributed by atoms with Crippen molar-refractivity contribution in [3.05, 3.63) is 42.9 Å². The summed E-state index contributed by atoms with van der Waals surface area (Å²) in [6, 6.07) is 5.55. The molecular weight excluding hydrogens is 240 g/mol. The summed E-state index contributed by atoms with van der Waals surface area (Å²) in [5.41, 5.74) is 0.788. The van der Waals surface area contributed by atoms with Crippen LogP contribution >= 0.6 is 0 Å². The number of aromatic nitrogens is 2. The summed E-state index contributed by atoms with van der Waals surface area (Å²) in [6.45, 7) is 5.66. The van der Waals surface area contributed by atoms with Crippen molar-refractivity contribution < 1.29 is 9.84 Å². The molecule has 2 rings (SSSR count). The van der Waals surface area contributed by atoms with Gasteiger partial charge in [0.25, 0.3) is 0 Å². The Bertz CT molecular complexity index is 654. The molecule has 0 spiro atoms. The standard InChI is InChI=1S/C15H14N2O2/c1-3-8-19-13-5-6-14-12(9-13)10-16-15(17-14)7-4-11(2)18/h3,5-6,9-11,18H,1,8H2,2H3. The first-order valence-electron chi connectivity index (χ1n) is 5.89. The fraction of sp³-hybridized carbons (Fsp3) is 0.200. The third kappa shape index (κ3) is 3.54. The van der Waals surface area contributed by atoms with Crippen LogP contribution in [0.5, 0.6) is 5.75 Å². The van der Waals surface area contributed by atoms with Gasteiger partial charge in [-0.25, -0.2) is 9.97 Å². The molecule has 0 saturated carbocycles. The monoisotopic (exact) mass is 254 g/mol. The molecule has 0 aliphatic rings. The van der Waals surface area contributed by atoms with Crippen LogP contribution < -0.4 is 4.74 Å². The molecule has 1 atom stereocenters. The third-order valence-electron chi connectivity index (χ3n) is 2.31. The SMILES string of the molecule is C=CCOc1ccc2nc(C#CC(C)O)ncc2c1. The molecule has 0 bridgehead atoms. The highest BCUT2D eigenvalue weighted by Gasteiger charge is 2.00. The van der Waals surface area contributed by atoms with Crippen LogP contribution in [0.2, 0.25) is 0 Å². The van der Waals surface area contributed by atoms with Crippen molar-refractivity contribution in [3.8, 4) is 17.6 Å². The predicted octanol–water partition coefficient (Wildman–Crippen LogP) is 1.93. The van der Waals surface area contributed by atoms with Crippen LogP contribution in [0, 0.1) is 11.8 Å². The molecule has 2 aromatic rings. The van der Waals surface area contributed by atoms with Gasteiger partial charge in [0.2, 0.25) is 5.82 Å². The molecule has 1 N–H and O–H groups in total. The highest BCUT2D eigenvalue weighted by molar-refractivity contribution is 5.79. The number of hydrogen-bond donors (Lipinski definition) is 1. The van der Waals surface area contributed by atoms with Gasteiger partial charge in [-0.15, -0.1) is 0 Å². The van der Waals surface area contributed by atoms with Crippen LogP contribution in [0.4, 0.5) is 0 Å². The average Bonchev–Trinajstić information content (AvgIpc) is 2.42. The molecule has 1 unspecified atom stereocenters. The second-order valence-electron chi connectivity index (χ2n) is 3.96. The van der Waals surface area contributed by atoms with Crippen LogP contribution in [0.3, 0.4) is 0 Å². The van der Waals surface area contributed by atoms with Gasteiger partial charge >= 0.3 is 0 Å². The van der Waals surface area contributed by atoms with E-state index in [1.54, 1.807) is 19.2 Å². The summed E-state index contributed by atoms with van der Waals surface area (Å²) < 4.78 is 5.44. The fourth-order valence-corrected chi connectivity index (χ4v) is 1.49. The number of ether oxygens (including phenoxy) is 1. The van der Waals surface area contributed by atoms with Gasteiger partial charge in [-0.2, -0.15) is 0 Å². The van der Waals surface area contributed by atoms with E-state index in [0.29, 0.717) is 12.4 Å². The maximum absolute atomic E-state index is 9.09. The lowest BCUT2D eigenvalue weighted by Crippen LogP contribution is -1.96. The van der Waals surface area contributed by atoms with Crippen molar-refractivity contribution >= 4 is 10.9 Å². The molecule has 4 nitrogen and oxygen atoms in total. The lowest BCUT2D eigenvalue weighted by atomic mass is 10.2. The number of aliphatic hydroxyl groups is 1. The van der Waals surface area contributed by atoms with Gasteiger partial charge in [-0.3, -0.25) is 0 Å². The Kier molecular flexibility index (Phi) is 4.11. The lowest BCUT2D eigenvalue weighted by Gasteiger charge is -2.04. The second kappa shape index (κ2) is 5.98. The summed E-state index contributed by atoms with van der Waals surface area (Å²) >= 11 is 0. The third-order valence-corrected chi connectivity index (χ3v) is 2.31. The lowest BCUT2D eigenvalue weighted by molar-refractivity contribution is 0.253. The van der Waals surface area contributed by atoms with E-state index in [9.17, 15) is 0 Å². The van der Waals surface area contributed by atoms with Crippen molar-refractivity contribution in [2.75, 3.05) is 6.61 Å². The minimum Gasteiger partial charge on any atom is -0.490 e. The smallest absolute Gasteiger partial charge is 0.205 e. The van der Waals surface area contributed by atoms with Gasteiger partial charge in [0.05, 0.1) is 5.52 Å². The molecule has 1 aromatic carbocycles. The molecule has 0 radical (unpaired) electrons. The van der Waals surface area contributed by atoms with Crippen LogP contribution in [0.1, 0.15) is 12.7 Å². The van der Waals surface area contributed by atoms with Crippen LogP contribution in [-0.4, -0.2) is 27.8 Å². The van der Waals surface area contributed by atoms with Gasteiger partial charge < -0.3 is 9.84 Å². The Balaban J connectivity index is 2.30. The maximum Gasteiger partial charge on any atom is 0.205 e. The maximum atomic E-state index is 9.09. The molecular formula is C15H14N2O2. The zero-order valence-electron chi connectivity index (χ0n) is 10.6. The predicted molar refractivity (Wildman–Crippen MR) is 73.8 cm³/mol. The molecule has 0 fully saturated rings. The van der Waals surface area contributed by atoms with E-state index in [2.05, 4.69) is 28.4 Å². The Hall–Kier alpha value is -2.38.